The first kappa shape index (κ1) is 13.8. The maximum Gasteiger partial charge on any atom is 0.123 e. The van der Waals surface area contributed by atoms with Gasteiger partial charge >= 0.3 is 0 Å². The molecule has 1 aliphatic carbocycles. The van der Waals surface area contributed by atoms with Crippen LogP contribution in [-0.4, -0.2) is 0 Å². The number of rotatable bonds is 3. The molecule has 1 unspecified atom stereocenters. The molecule has 1 aliphatic rings. The number of hydrogen-bond acceptors (Lipinski definition) is 2. The van der Waals surface area contributed by atoms with Crippen molar-refractivity contribution in [3.05, 3.63) is 57.0 Å². The first-order valence-electron chi connectivity index (χ1n) is 7.34. The molecule has 0 saturated carbocycles. The van der Waals surface area contributed by atoms with Gasteiger partial charge in [0, 0.05) is 15.8 Å². The van der Waals surface area contributed by atoms with Crippen LogP contribution in [0.5, 0.6) is 0 Å². The molecule has 0 bridgehead atoms. The van der Waals surface area contributed by atoms with Crippen LogP contribution in [-0.2, 0) is 19.3 Å². The lowest BCUT2D eigenvalue weighted by molar-refractivity contribution is 0.626. The third-order valence-electron chi connectivity index (χ3n) is 4.00. The molecule has 0 aliphatic heterocycles. The van der Waals surface area contributed by atoms with Crippen molar-refractivity contribution in [1.82, 2.24) is 0 Å². The molecule has 1 heterocycles. The van der Waals surface area contributed by atoms with Gasteiger partial charge in [0.1, 0.15) is 5.82 Å². The van der Waals surface area contributed by atoms with Crippen LogP contribution in [0.2, 0.25) is 0 Å². The highest BCUT2D eigenvalue weighted by atomic mass is 32.1. The summed E-state index contributed by atoms with van der Waals surface area (Å²) < 4.78 is 12.9. The Labute approximate surface area is 123 Å². The molecule has 2 aromatic rings. The topological polar surface area (TPSA) is 26.0 Å². The second-order valence-electron chi connectivity index (χ2n) is 5.59. The van der Waals surface area contributed by atoms with E-state index in [1.807, 2.05) is 23.5 Å². The van der Waals surface area contributed by atoms with E-state index in [0.717, 1.165) is 12.0 Å². The number of hydrogen-bond donors (Lipinski definition) is 1. The van der Waals surface area contributed by atoms with Gasteiger partial charge in [0.25, 0.3) is 0 Å². The molecule has 20 heavy (non-hydrogen) atoms. The molecule has 1 aromatic heterocycles. The summed E-state index contributed by atoms with van der Waals surface area (Å²) in [5.74, 6) is -0.190. The van der Waals surface area contributed by atoms with Crippen molar-refractivity contribution < 1.29 is 4.39 Å². The highest BCUT2D eigenvalue weighted by Gasteiger charge is 2.16. The predicted molar refractivity (Wildman–Crippen MR) is 82.6 cm³/mol. The number of fused-ring (bicyclic) bond motifs is 1. The Morgan fingerprint density at radius 3 is 2.65 bits per heavy atom. The van der Waals surface area contributed by atoms with E-state index in [-0.39, 0.29) is 11.9 Å². The summed E-state index contributed by atoms with van der Waals surface area (Å²) in [5, 5.41) is 0. The molecule has 1 nitrogen and oxygen atoms in total. The molecule has 3 heteroatoms. The van der Waals surface area contributed by atoms with E-state index < -0.39 is 0 Å². The van der Waals surface area contributed by atoms with Gasteiger partial charge in [-0.1, -0.05) is 18.6 Å². The van der Waals surface area contributed by atoms with Gasteiger partial charge < -0.3 is 5.73 Å². The molecular formula is C17H20FNS. The molecular weight excluding hydrogens is 269 g/mol. The Morgan fingerprint density at radius 1 is 1.10 bits per heavy atom. The van der Waals surface area contributed by atoms with E-state index in [2.05, 4.69) is 6.07 Å². The Kier molecular flexibility index (Phi) is 4.18. The van der Waals surface area contributed by atoms with Crippen LogP contribution in [0.3, 0.4) is 0 Å². The average Bonchev–Trinajstić information content (AvgIpc) is 2.73. The van der Waals surface area contributed by atoms with Gasteiger partial charge in [0.15, 0.2) is 0 Å². The average molecular weight is 289 g/mol. The van der Waals surface area contributed by atoms with Gasteiger partial charge in [-0.05, 0) is 61.4 Å². The van der Waals surface area contributed by atoms with E-state index in [1.165, 1.54) is 59.6 Å². The fourth-order valence-electron chi connectivity index (χ4n) is 2.85. The molecule has 0 fully saturated rings. The van der Waals surface area contributed by atoms with Crippen LogP contribution in [0.1, 0.15) is 46.2 Å². The van der Waals surface area contributed by atoms with Gasteiger partial charge in [-0.25, -0.2) is 4.39 Å². The summed E-state index contributed by atoms with van der Waals surface area (Å²) in [5.41, 5.74) is 8.94. The van der Waals surface area contributed by atoms with E-state index in [9.17, 15) is 4.39 Å². The van der Waals surface area contributed by atoms with Crippen molar-refractivity contribution in [2.24, 2.45) is 5.73 Å². The first-order chi connectivity index (χ1) is 9.72. The standard InChI is InChI=1S/C17H20FNS/c18-14-8-6-12(7-9-14)10-15(19)17-11-13-4-2-1-3-5-16(13)20-17/h6-9,11,15H,1-5,10,19H2. The SMILES string of the molecule is NC(Cc1ccc(F)cc1)c1cc2c(s1)CCCCC2. The Morgan fingerprint density at radius 2 is 1.85 bits per heavy atom. The van der Waals surface area contributed by atoms with Gasteiger partial charge in [-0.2, -0.15) is 0 Å². The predicted octanol–water partition coefficient (Wildman–Crippen LogP) is 4.40. The summed E-state index contributed by atoms with van der Waals surface area (Å²) in [6.07, 6.45) is 7.15. The van der Waals surface area contributed by atoms with Gasteiger partial charge in [-0.15, -0.1) is 11.3 Å². The van der Waals surface area contributed by atoms with Gasteiger partial charge in [-0.3, -0.25) is 0 Å². The smallest absolute Gasteiger partial charge is 0.123 e. The summed E-state index contributed by atoms with van der Waals surface area (Å²) in [6.45, 7) is 0. The molecule has 0 radical (unpaired) electrons. The monoisotopic (exact) mass is 289 g/mol. The van der Waals surface area contributed by atoms with Crippen LogP contribution in [0.25, 0.3) is 0 Å². The molecule has 0 saturated heterocycles. The lowest BCUT2D eigenvalue weighted by atomic mass is 10.0. The third-order valence-corrected chi connectivity index (χ3v) is 5.37. The molecule has 106 valence electrons. The highest BCUT2D eigenvalue weighted by Crippen LogP contribution is 2.32. The second kappa shape index (κ2) is 6.06. The minimum Gasteiger partial charge on any atom is -0.323 e. The number of thiophene rings is 1. The third kappa shape index (κ3) is 3.10. The zero-order chi connectivity index (χ0) is 13.9. The minimum atomic E-state index is -0.190. The summed E-state index contributed by atoms with van der Waals surface area (Å²) in [4.78, 5) is 2.81. The van der Waals surface area contributed by atoms with E-state index in [1.54, 1.807) is 0 Å². The molecule has 1 atom stereocenters. The van der Waals surface area contributed by atoms with E-state index in [0.29, 0.717) is 0 Å². The van der Waals surface area contributed by atoms with Crippen LogP contribution in [0.4, 0.5) is 4.39 Å². The molecule has 0 spiro atoms. The lowest BCUT2D eigenvalue weighted by Gasteiger charge is -2.09. The maximum absolute atomic E-state index is 12.9. The lowest BCUT2D eigenvalue weighted by Crippen LogP contribution is -2.11. The molecule has 1 aromatic carbocycles. The van der Waals surface area contributed by atoms with Gasteiger partial charge in [0.05, 0.1) is 0 Å². The Bertz CT molecular complexity index is 550. The largest absolute Gasteiger partial charge is 0.323 e. The van der Waals surface area contributed by atoms with Crippen LogP contribution in [0, 0.1) is 5.82 Å². The number of aryl methyl sites for hydroxylation is 2. The fourth-order valence-corrected chi connectivity index (χ4v) is 4.11. The highest BCUT2D eigenvalue weighted by molar-refractivity contribution is 7.12. The number of halogens is 1. The molecule has 0 amide bonds. The zero-order valence-electron chi connectivity index (χ0n) is 11.6. The van der Waals surface area contributed by atoms with E-state index >= 15 is 0 Å². The van der Waals surface area contributed by atoms with Crippen molar-refractivity contribution in [3.8, 4) is 0 Å². The summed E-state index contributed by atoms with van der Waals surface area (Å²) >= 11 is 1.88. The second-order valence-corrected chi connectivity index (χ2v) is 6.76. The summed E-state index contributed by atoms with van der Waals surface area (Å²) in [7, 11) is 0. The number of benzene rings is 1. The van der Waals surface area contributed by atoms with Crippen LogP contribution < -0.4 is 5.73 Å². The van der Waals surface area contributed by atoms with Crippen molar-refractivity contribution >= 4 is 11.3 Å². The quantitative estimate of drug-likeness (QED) is 0.833. The normalized spacial score (nSPS) is 16.5. The zero-order valence-corrected chi connectivity index (χ0v) is 12.4. The van der Waals surface area contributed by atoms with Crippen molar-refractivity contribution in [2.45, 2.75) is 44.6 Å². The Hall–Kier alpha value is -1.19. The first-order valence-corrected chi connectivity index (χ1v) is 8.15. The van der Waals surface area contributed by atoms with Crippen molar-refractivity contribution in [1.29, 1.82) is 0 Å². The van der Waals surface area contributed by atoms with Crippen molar-refractivity contribution in [2.75, 3.05) is 0 Å². The maximum atomic E-state index is 12.9. The molecule has 3 rings (SSSR count). The summed E-state index contributed by atoms with van der Waals surface area (Å²) in [6, 6.07) is 9.00. The van der Waals surface area contributed by atoms with Crippen LogP contribution in [0.15, 0.2) is 30.3 Å². The molecule has 2 N–H and O–H groups in total. The fraction of sp³-hybridized carbons (Fsp3) is 0.412. The minimum absolute atomic E-state index is 0.0254. The van der Waals surface area contributed by atoms with E-state index in [4.69, 9.17) is 5.73 Å². The van der Waals surface area contributed by atoms with Gasteiger partial charge in [0.2, 0.25) is 0 Å². The van der Waals surface area contributed by atoms with Crippen LogP contribution >= 0.6 is 11.3 Å². The Balaban J connectivity index is 1.73. The number of nitrogens with two attached hydrogens (primary N) is 1. The van der Waals surface area contributed by atoms with Crippen molar-refractivity contribution in [3.63, 3.8) is 0 Å².